The van der Waals surface area contributed by atoms with Crippen LogP contribution in [0.3, 0.4) is 0 Å². The zero-order valence-corrected chi connectivity index (χ0v) is 17.2. The minimum atomic E-state index is 0.137. The first-order chi connectivity index (χ1) is 13.0. The summed E-state index contributed by atoms with van der Waals surface area (Å²) in [5.41, 5.74) is 1.18. The second-order valence-corrected chi connectivity index (χ2v) is 7.44. The number of ether oxygens (including phenoxy) is 3. The van der Waals surface area contributed by atoms with E-state index in [1.807, 2.05) is 26.0 Å². The van der Waals surface area contributed by atoms with Gasteiger partial charge in [-0.05, 0) is 32.4 Å². The Morgan fingerprint density at radius 2 is 1.96 bits per heavy atom. The molecule has 0 unspecified atom stereocenters. The highest BCUT2D eigenvalue weighted by Crippen LogP contribution is 2.24. The first-order valence-electron chi connectivity index (χ1n) is 9.97. The fourth-order valence-electron chi connectivity index (χ4n) is 3.48. The lowest BCUT2D eigenvalue weighted by atomic mass is 9.95. The number of piperidine rings is 1. The third kappa shape index (κ3) is 7.03. The summed E-state index contributed by atoms with van der Waals surface area (Å²) in [6.45, 7) is 8.36. The molecule has 0 aliphatic carbocycles. The van der Waals surface area contributed by atoms with Crippen molar-refractivity contribution in [3.8, 4) is 11.5 Å². The zero-order chi connectivity index (χ0) is 19.6. The number of likely N-dealkylation sites (tertiary alicyclic amines) is 1. The summed E-state index contributed by atoms with van der Waals surface area (Å²) in [6, 6.07) is 5.97. The first kappa shape index (κ1) is 21.5. The summed E-state index contributed by atoms with van der Waals surface area (Å²) in [5.74, 6) is 2.00. The van der Waals surface area contributed by atoms with Crippen LogP contribution in [0.4, 0.5) is 0 Å². The fraction of sp³-hybridized carbons (Fsp3) is 0.667. The van der Waals surface area contributed by atoms with E-state index in [2.05, 4.69) is 11.4 Å². The molecular weight excluding hydrogens is 344 g/mol. The van der Waals surface area contributed by atoms with Gasteiger partial charge in [-0.15, -0.1) is 0 Å². The summed E-state index contributed by atoms with van der Waals surface area (Å²) >= 11 is 0. The molecule has 1 aromatic rings. The average Bonchev–Trinajstić information content (AvgIpc) is 2.68. The van der Waals surface area contributed by atoms with Crippen molar-refractivity contribution in [2.75, 3.05) is 40.5 Å². The predicted molar refractivity (Wildman–Crippen MR) is 105 cm³/mol. The number of quaternary nitrogens is 1. The Morgan fingerprint density at radius 1 is 1.22 bits per heavy atom. The minimum absolute atomic E-state index is 0.137. The van der Waals surface area contributed by atoms with E-state index in [0.717, 1.165) is 50.4 Å². The third-order valence-corrected chi connectivity index (χ3v) is 5.07. The van der Waals surface area contributed by atoms with Crippen LogP contribution in [0.25, 0.3) is 0 Å². The molecule has 0 radical (unpaired) electrons. The SMILES string of the molecule is COc1ccc(C[NH+]2CCC(C(=O)NCCCOC(C)C)CC2)c(OC)c1. The highest BCUT2D eigenvalue weighted by atomic mass is 16.5. The maximum absolute atomic E-state index is 12.3. The zero-order valence-electron chi connectivity index (χ0n) is 17.2. The minimum Gasteiger partial charge on any atom is -0.497 e. The Kier molecular flexibility index (Phi) is 8.88. The molecule has 6 heteroatoms. The van der Waals surface area contributed by atoms with Crippen molar-refractivity contribution in [2.45, 2.75) is 45.8 Å². The average molecular weight is 380 g/mol. The molecule has 2 rings (SSSR count). The van der Waals surface area contributed by atoms with Crippen molar-refractivity contribution in [3.63, 3.8) is 0 Å². The van der Waals surface area contributed by atoms with Gasteiger partial charge in [-0.25, -0.2) is 0 Å². The second-order valence-electron chi connectivity index (χ2n) is 7.44. The predicted octanol–water partition coefficient (Wildman–Crippen LogP) is 1.43. The van der Waals surface area contributed by atoms with Crippen LogP contribution in [0.5, 0.6) is 11.5 Å². The smallest absolute Gasteiger partial charge is 0.223 e. The standard InChI is InChI=1S/C21H34N2O4/c1-16(2)27-13-5-10-22-21(24)17-8-11-23(12-9-17)15-18-6-7-19(25-3)14-20(18)26-4/h6-7,14,16-17H,5,8-13,15H2,1-4H3,(H,22,24)/p+1. The van der Waals surface area contributed by atoms with Crippen LogP contribution in [0.15, 0.2) is 18.2 Å². The third-order valence-electron chi connectivity index (χ3n) is 5.07. The molecule has 1 amide bonds. The molecule has 1 heterocycles. The van der Waals surface area contributed by atoms with E-state index in [1.165, 1.54) is 10.5 Å². The van der Waals surface area contributed by atoms with Crippen LogP contribution in [0.1, 0.15) is 38.7 Å². The van der Waals surface area contributed by atoms with Gasteiger partial charge in [0, 0.05) is 43.5 Å². The van der Waals surface area contributed by atoms with E-state index in [-0.39, 0.29) is 17.9 Å². The van der Waals surface area contributed by atoms with E-state index in [0.29, 0.717) is 13.2 Å². The van der Waals surface area contributed by atoms with Crippen LogP contribution in [0, 0.1) is 5.92 Å². The van der Waals surface area contributed by atoms with Crippen molar-refractivity contribution in [3.05, 3.63) is 23.8 Å². The summed E-state index contributed by atoms with van der Waals surface area (Å²) in [4.78, 5) is 13.8. The Balaban J connectivity index is 1.73. The molecule has 2 N–H and O–H groups in total. The van der Waals surface area contributed by atoms with E-state index in [1.54, 1.807) is 14.2 Å². The van der Waals surface area contributed by atoms with Gasteiger partial charge in [0.05, 0.1) is 33.4 Å². The number of hydrogen-bond donors (Lipinski definition) is 2. The highest BCUT2D eigenvalue weighted by Gasteiger charge is 2.27. The Hall–Kier alpha value is -1.79. The number of carbonyl (C=O) groups excluding carboxylic acids is 1. The Bertz CT molecular complexity index is 584. The van der Waals surface area contributed by atoms with Gasteiger partial charge < -0.3 is 24.4 Å². The summed E-state index contributed by atoms with van der Waals surface area (Å²) in [7, 11) is 3.35. The Morgan fingerprint density at radius 3 is 2.59 bits per heavy atom. The van der Waals surface area contributed by atoms with E-state index in [4.69, 9.17) is 14.2 Å². The van der Waals surface area contributed by atoms with Gasteiger partial charge in [-0.1, -0.05) is 0 Å². The number of nitrogens with one attached hydrogen (secondary N) is 2. The maximum Gasteiger partial charge on any atom is 0.223 e. The first-order valence-corrected chi connectivity index (χ1v) is 9.97. The molecule has 0 aromatic heterocycles. The molecule has 1 aliphatic rings. The molecule has 0 bridgehead atoms. The van der Waals surface area contributed by atoms with Crippen molar-refractivity contribution in [1.82, 2.24) is 5.32 Å². The molecule has 1 aromatic carbocycles. The quantitative estimate of drug-likeness (QED) is 0.604. The summed E-state index contributed by atoms with van der Waals surface area (Å²) in [6.07, 6.45) is 2.98. The van der Waals surface area contributed by atoms with Crippen LogP contribution in [0.2, 0.25) is 0 Å². The molecule has 1 fully saturated rings. The van der Waals surface area contributed by atoms with Gasteiger partial charge >= 0.3 is 0 Å². The van der Waals surface area contributed by atoms with Gasteiger partial charge in [-0.3, -0.25) is 4.79 Å². The normalized spacial score (nSPS) is 19.7. The summed E-state index contributed by atoms with van der Waals surface area (Å²) < 4.78 is 16.3. The molecule has 27 heavy (non-hydrogen) atoms. The van der Waals surface area contributed by atoms with Crippen molar-refractivity contribution < 1.29 is 23.9 Å². The molecule has 0 atom stereocenters. The van der Waals surface area contributed by atoms with Crippen LogP contribution in [-0.2, 0) is 16.1 Å². The maximum atomic E-state index is 12.3. The molecule has 1 aliphatic heterocycles. The topological polar surface area (TPSA) is 61.2 Å². The molecule has 152 valence electrons. The molecule has 6 nitrogen and oxygen atoms in total. The number of methoxy groups -OCH3 is 2. The number of carbonyl (C=O) groups is 1. The van der Waals surface area contributed by atoms with E-state index < -0.39 is 0 Å². The number of rotatable bonds is 10. The lowest BCUT2D eigenvalue weighted by Gasteiger charge is -2.29. The van der Waals surface area contributed by atoms with Crippen LogP contribution < -0.4 is 19.7 Å². The number of amides is 1. The van der Waals surface area contributed by atoms with Gasteiger partial charge in [0.25, 0.3) is 0 Å². The van der Waals surface area contributed by atoms with Crippen molar-refractivity contribution in [2.24, 2.45) is 5.92 Å². The monoisotopic (exact) mass is 379 g/mol. The van der Waals surface area contributed by atoms with Gasteiger partial charge in [-0.2, -0.15) is 0 Å². The highest BCUT2D eigenvalue weighted by molar-refractivity contribution is 5.78. The largest absolute Gasteiger partial charge is 0.497 e. The van der Waals surface area contributed by atoms with Gasteiger partial charge in [0.2, 0.25) is 5.91 Å². The Labute approximate surface area is 163 Å². The molecular formula is C21H35N2O4+. The molecule has 0 saturated carbocycles. The van der Waals surface area contributed by atoms with Gasteiger partial charge in [0.1, 0.15) is 18.0 Å². The number of hydrogen-bond acceptors (Lipinski definition) is 4. The second kappa shape index (κ2) is 11.1. The van der Waals surface area contributed by atoms with E-state index in [9.17, 15) is 4.79 Å². The van der Waals surface area contributed by atoms with Crippen LogP contribution >= 0.6 is 0 Å². The molecule has 0 spiro atoms. The lowest BCUT2D eigenvalue weighted by Crippen LogP contribution is -3.11. The molecule has 1 saturated heterocycles. The van der Waals surface area contributed by atoms with Crippen LogP contribution in [-0.4, -0.2) is 52.5 Å². The van der Waals surface area contributed by atoms with Gasteiger partial charge in [0.15, 0.2) is 0 Å². The fourth-order valence-corrected chi connectivity index (χ4v) is 3.48. The number of benzene rings is 1. The lowest BCUT2D eigenvalue weighted by molar-refractivity contribution is -0.919. The summed E-state index contributed by atoms with van der Waals surface area (Å²) in [5, 5.41) is 3.06. The van der Waals surface area contributed by atoms with E-state index >= 15 is 0 Å². The van der Waals surface area contributed by atoms with Crippen molar-refractivity contribution in [1.29, 1.82) is 0 Å². The van der Waals surface area contributed by atoms with Crippen molar-refractivity contribution >= 4 is 5.91 Å².